The predicted molar refractivity (Wildman–Crippen MR) is 103 cm³/mol. The maximum atomic E-state index is 4.74. The van der Waals surface area contributed by atoms with E-state index in [1.807, 2.05) is 33.9 Å². The summed E-state index contributed by atoms with van der Waals surface area (Å²) in [6, 6.07) is 4.32. The van der Waals surface area contributed by atoms with Crippen molar-refractivity contribution in [1.29, 1.82) is 0 Å². The third-order valence-corrected chi connectivity index (χ3v) is 5.20. The first-order chi connectivity index (χ1) is 12.5. The van der Waals surface area contributed by atoms with Crippen LogP contribution >= 0.6 is 0 Å². The zero-order valence-electron chi connectivity index (χ0n) is 15.8. The molecule has 0 aromatic carbocycles. The lowest BCUT2D eigenvalue weighted by Crippen LogP contribution is -2.35. The van der Waals surface area contributed by atoms with Gasteiger partial charge >= 0.3 is 0 Å². The second-order valence-electron chi connectivity index (χ2n) is 7.19. The molecule has 1 unspecified atom stereocenters. The van der Waals surface area contributed by atoms with E-state index >= 15 is 0 Å². The monoisotopic (exact) mass is 348 g/mol. The molecule has 6 nitrogen and oxygen atoms in total. The number of nitrogens with zero attached hydrogens (tertiary/aromatic N) is 6. The number of hydrogen-bond acceptors (Lipinski definition) is 6. The van der Waals surface area contributed by atoms with Gasteiger partial charge in [0.05, 0.1) is 17.1 Å². The number of hydrogen-bond donors (Lipinski definition) is 0. The number of aryl methyl sites for hydroxylation is 4. The van der Waals surface area contributed by atoms with E-state index in [0.29, 0.717) is 11.6 Å². The molecule has 0 spiro atoms. The molecule has 6 heteroatoms. The highest BCUT2D eigenvalue weighted by Gasteiger charge is 2.24. The van der Waals surface area contributed by atoms with Crippen molar-refractivity contribution in [3.8, 4) is 0 Å². The number of fused-ring (bicyclic) bond motifs is 1. The molecule has 0 saturated carbocycles. The highest BCUT2D eigenvalue weighted by Crippen LogP contribution is 2.29. The van der Waals surface area contributed by atoms with Crippen molar-refractivity contribution in [3.05, 3.63) is 46.7 Å². The van der Waals surface area contributed by atoms with E-state index in [1.54, 1.807) is 0 Å². The summed E-state index contributed by atoms with van der Waals surface area (Å²) >= 11 is 0. The molecule has 4 rings (SSSR count). The molecule has 3 aromatic rings. The molecule has 1 aliphatic heterocycles. The second kappa shape index (κ2) is 6.59. The predicted octanol–water partition coefficient (Wildman–Crippen LogP) is 3.43. The number of piperidine rings is 1. The van der Waals surface area contributed by atoms with Crippen LogP contribution in [0.1, 0.15) is 47.1 Å². The Morgan fingerprint density at radius 1 is 0.962 bits per heavy atom. The number of pyridine rings is 1. The van der Waals surface area contributed by atoms with Crippen LogP contribution in [0.25, 0.3) is 11.2 Å². The molecule has 4 heterocycles. The summed E-state index contributed by atoms with van der Waals surface area (Å²) in [6.07, 6.45) is 4.22. The fraction of sp³-hybridized carbons (Fsp3) is 0.450. The van der Waals surface area contributed by atoms with Gasteiger partial charge in [-0.25, -0.2) is 15.0 Å². The quantitative estimate of drug-likeness (QED) is 0.707. The van der Waals surface area contributed by atoms with E-state index in [-0.39, 0.29) is 0 Å². The number of rotatable bonds is 2. The Balaban J connectivity index is 1.67. The molecule has 0 aliphatic carbocycles. The zero-order valence-corrected chi connectivity index (χ0v) is 15.8. The van der Waals surface area contributed by atoms with Crippen LogP contribution in [-0.4, -0.2) is 38.0 Å². The SMILES string of the molecule is Cc1cc(C2CCCN(c3nc(C)c4nc(C)c(C)nc4n3)C2)ccn1. The van der Waals surface area contributed by atoms with Crippen LogP contribution in [0.3, 0.4) is 0 Å². The van der Waals surface area contributed by atoms with E-state index in [9.17, 15) is 0 Å². The van der Waals surface area contributed by atoms with Crippen molar-refractivity contribution in [2.75, 3.05) is 18.0 Å². The van der Waals surface area contributed by atoms with Gasteiger partial charge in [0.25, 0.3) is 0 Å². The summed E-state index contributed by atoms with van der Waals surface area (Å²) in [5.74, 6) is 1.25. The zero-order chi connectivity index (χ0) is 18.3. The third-order valence-electron chi connectivity index (χ3n) is 5.20. The largest absolute Gasteiger partial charge is 0.340 e. The first-order valence-corrected chi connectivity index (χ1v) is 9.18. The lowest BCUT2D eigenvalue weighted by Gasteiger charge is -2.33. The van der Waals surface area contributed by atoms with E-state index in [2.05, 4.69) is 32.0 Å². The Bertz CT molecular complexity index is 968. The van der Waals surface area contributed by atoms with Gasteiger partial charge in [-0.1, -0.05) is 0 Å². The highest BCUT2D eigenvalue weighted by atomic mass is 15.3. The molecule has 0 bridgehead atoms. The van der Waals surface area contributed by atoms with E-state index in [0.717, 1.165) is 53.8 Å². The Hall–Kier alpha value is -2.63. The standard InChI is InChI=1S/C20H24N6/c1-12-10-16(7-8-21-12)17-6-5-9-26(11-17)20-24-15(4)18-19(25-20)23-14(3)13(2)22-18/h7-8,10,17H,5-6,9,11H2,1-4H3. The first kappa shape index (κ1) is 16.8. The fourth-order valence-corrected chi connectivity index (χ4v) is 3.63. The molecular weight excluding hydrogens is 324 g/mol. The van der Waals surface area contributed by atoms with Crippen LogP contribution in [0.15, 0.2) is 18.3 Å². The molecule has 134 valence electrons. The summed E-state index contributed by atoms with van der Waals surface area (Å²) in [5.41, 5.74) is 6.66. The maximum absolute atomic E-state index is 4.74. The van der Waals surface area contributed by atoms with Gasteiger partial charge in [-0.05, 0) is 58.2 Å². The second-order valence-corrected chi connectivity index (χ2v) is 7.19. The maximum Gasteiger partial charge on any atom is 0.227 e. The van der Waals surface area contributed by atoms with Crippen molar-refractivity contribution < 1.29 is 0 Å². The Morgan fingerprint density at radius 3 is 2.58 bits per heavy atom. The van der Waals surface area contributed by atoms with Gasteiger partial charge in [-0.3, -0.25) is 4.98 Å². The molecule has 0 amide bonds. The number of aromatic nitrogens is 5. The average Bonchev–Trinajstić information content (AvgIpc) is 2.63. The topological polar surface area (TPSA) is 67.7 Å². The van der Waals surface area contributed by atoms with Crippen molar-refractivity contribution in [3.63, 3.8) is 0 Å². The van der Waals surface area contributed by atoms with Crippen molar-refractivity contribution >= 4 is 17.1 Å². The van der Waals surface area contributed by atoms with Gasteiger partial charge in [0.2, 0.25) is 5.95 Å². The van der Waals surface area contributed by atoms with Crippen LogP contribution in [0.4, 0.5) is 5.95 Å². The Kier molecular flexibility index (Phi) is 4.26. The molecule has 1 fully saturated rings. The minimum absolute atomic E-state index is 0.482. The van der Waals surface area contributed by atoms with Gasteiger partial charge in [-0.15, -0.1) is 0 Å². The lowest BCUT2D eigenvalue weighted by molar-refractivity contribution is 0.503. The van der Waals surface area contributed by atoms with E-state index in [4.69, 9.17) is 9.97 Å². The van der Waals surface area contributed by atoms with Crippen molar-refractivity contribution in [2.45, 2.75) is 46.5 Å². The summed E-state index contributed by atoms with van der Waals surface area (Å²) in [6.45, 7) is 9.88. The fourth-order valence-electron chi connectivity index (χ4n) is 3.63. The van der Waals surface area contributed by atoms with E-state index in [1.165, 1.54) is 12.0 Å². The summed E-state index contributed by atoms with van der Waals surface area (Å²) < 4.78 is 0. The van der Waals surface area contributed by atoms with Crippen LogP contribution in [-0.2, 0) is 0 Å². The average molecular weight is 348 g/mol. The minimum atomic E-state index is 0.482. The van der Waals surface area contributed by atoms with Gasteiger partial charge in [0.15, 0.2) is 5.65 Å². The summed E-state index contributed by atoms with van der Waals surface area (Å²) in [7, 11) is 0. The Morgan fingerprint density at radius 2 is 1.77 bits per heavy atom. The summed E-state index contributed by atoms with van der Waals surface area (Å²) in [5, 5.41) is 0. The van der Waals surface area contributed by atoms with Gasteiger partial charge in [0, 0.05) is 30.9 Å². The highest BCUT2D eigenvalue weighted by molar-refractivity contribution is 5.74. The van der Waals surface area contributed by atoms with Crippen LogP contribution < -0.4 is 4.90 Å². The molecule has 1 atom stereocenters. The van der Waals surface area contributed by atoms with Gasteiger partial charge in [-0.2, -0.15) is 4.98 Å². The van der Waals surface area contributed by atoms with Crippen LogP contribution in [0.5, 0.6) is 0 Å². The first-order valence-electron chi connectivity index (χ1n) is 9.18. The smallest absolute Gasteiger partial charge is 0.227 e. The van der Waals surface area contributed by atoms with Crippen LogP contribution in [0.2, 0.25) is 0 Å². The molecule has 26 heavy (non-hydrogen) atoms. The molecular formula is C20H24N6. The normalized spacial score (nSPS) is 17.7. The molecule has 3 aromatic heterocycles. The number of anilines is 1. The van der Waals surface area contributed by atoms with Crippen LogP contribution in [0, 0.1) is 27.7 Å². The van der Waals surface area contributed by atoms with Crippen molar-refractivity contribution in [1.82, 2.24) is 24.9 Å². The molecule has 0 N–H and O–H groups in total. The van der Waals surface area contributed by atoms with Gasteiger partial charge < -0.3 is 4.90 Å². The minimum Gasteiger partial charge on any atom is -0.340 e. The molecule has 1 saturated heterocycles. The van der Waals surface area contributed by atoms with Crippen molar-refractivity contribution in [2.24, 2.45) is 0 Å². The van der Waals surface area contributed by atoms with E-state index < -0.39 is 0 Å². The Labute approximate surface area is 153 Å². The molecule has 1 aliphatic rings. The lowest BCUT2D eigenvalue weighted by atomic mass is 9.91. The third kappa shape index (κ3) is 3.11. The summed E-state index contributed by atoms with van der Waals surface area (Å²) in [4.78, 5) is 25.3. The van der Waals surface area contributed by atoms with Gasteiger partial charge in [0.1, 0.15) is 5.52 Å². The molecule has 0 radical (unpaired) electrons.